The van der Waals surface area contributed by atoms with Gasteiger partial charge in [0.25, 0.3) is 0 Å². The van der Waals surface area contributed by atoms with E-state index in [1.165, 1.54) is 5.56 Å². The first kappa shape index (κ1) is 14.1. The van der Waals surface area contributed by atoms with Crippen molar-refractivity contribution >= 4 is 29.9 Å². The van der Waals surface area contributed by atoms with Crippen molar-refractivity contribution < 1.29 is 4.79 Å². The molecule has 0 atom stereocenters. The molecule has 1 aliphatic heterocycles. The largest absolute Gasteiger partial charge is 0.377 e. The van der Waals surface area contributed by atoms with Crippen LogP contribution in [0.1, 0.15) is 5.56 Å². The molecule has 92 valence electrons. The smallest absolute Gasteiger partial charge is 0.146 e. The van der Waals surface area contributed by atoms with Gasteiger partial charge in [-0.3, -0.25) is 4.90 Å². The molecule has 1 aromatic rings. The summed E-state index contributed by atoms with van der Waals surface area (Å²) in [7, 11) is 0. The third kappa shape index (κ3) is 4.06. The molecule has 0 aliphatic carbocycles. The van der Waals surface area contributed by atoms with Crippen molar-refractivity contribution in [2.75, 3.05) is 19.6 Å². The topological polar surface area (TPSA) is 32.3 Å². The number of halogens is 2. The summed E-state index contributed by atoms with van der Waals surface area (Å²) in [5, 5.41) is 3.77. The molecule has 3 nitrogen and oxygen atoms in total. The SMILES string of the molecule is Cl.O=C=C1CN(Cc2ccc(Cl)cc2)CCN1. The minimum absolute atomic E-state index is 0. The van der Waals surface area contributed by atoms with E-state index >= 15 is 0 Å². The van der Waals surface area contributed by atoms with E-state index < -0.39 is 0 Å². The summed E-state index contributed by atoms with van der Waals surface area (Å²) in [4.78, 5) is 12.7. The molecule has 0 saturated carbocycles. The van der Waals surface area contributed by atoms with E-state index in [9.17, 15) is 4.79 Å². The lowest BCUT2D eigenvalue weighted by molar-refractivity contribution is 0.260. The highest BCUT2D eigenvalue weighted by Crippen LogP contribution is 2.12. The van der Waals surface area contributed by atoms with Gasteiger partial charge in [0.1, 0.15) is 11.6 Å². The molecule has 0 spiro atoms. The van der Waals surface area contributed by atoms with E-state index in [2.05, 4.69) is 10.2 Å². The Labute approximate surface area is 112 Å². The van der Waals surface area contributed by atoms with Gasteiger partial charge in [-0.05, 0) is 17.7 Å². The molecular weight excluding hydrogens is 259 g/mol. The summed E-state index contributed by atoms with van der Waals surface area (Å²) in [6, 6.07) is 7.79. The summed E-state index contributed by atoms with van der Waals surface area (Å²) in [5.41, 5.74) is 1.84. The van der Waals surface area contributed by atoms with Gasteiger partial charge < -0.3 is 5.32 Å². The highest BCUT2D eigenvalue weighted by atomic mass is 35.5. The van der Waals surface area contributed by atoms with Crippen LogP contribution in [0.25, 0.3) is 0 Å². The Kier molecular flexibility index (Phi) is 5.52. The van der Waals surface area contributed by atoms with Crippen LogP contribution in [0.5, 0.6) is 0 Å². The predicted molar refractivity (Wildman–Crippen MR) is 71.2 cm³/mol. The van der Waals surface area contributed by atoms with Gasteiger partial charge in [0.05, 0.1) is 0 Å². The maximum absolute atomic E-state index is 10.5. The first-order chi connectivity index (χ1) is 7.78. The first-order valence-electron chi connectivity index (χ1n) is 5.22. The number of piperazine rings is 1. The minimum atomic E-state index is 0. The van der Waals surface area contributed by atoms with E-state index in [0.717, 1.165) is 24.7 Å². The second-order valence-electron chi connectivity index (χ2n) is 3.84. The molecule has 2 rings (SSSR count). The zero-order chi connectivity index (χ0) is 11.4. The second kappa shape index (κ2) is 6.67. The second-order valence-corrected chi connectivity index (χ2v) is 4.28. The van der Waals surface area contributed by atoms with Crippen LogP contribution in [-0.2, 0) is 11.3 Å². The molecule has 0 unspecified atom stereocenters. The number of nitrogens with one attached hydrogen (secondary N) is 1. The average Bonchev–Trinajstić information content (AvgIpc) is 2.32. The Morgan fingerprint density at radius 2 is 2.06 bits per heavy atom. The van der Waals surface area contributed by atoms with Gasteiger partial charge in [0.2, 0.25) is 0 Å². The summed E-state index contributed by atoms with van der Waals surface area (Å²) in [6.45, 7) is 3.22. The lowest BCUT2D eigenvalue weighted by Gasteiger charge is -2.27. The van der Waals surface area contributed by atoms with Gasteiger partial charge in [-0.1, -0.05) is 23.7 Å². The van der Waals surface area contributed by atoms with Gasteiger partial charge in [-0.25, -0.2) is 4.79 Å². The Morgan fingerprint density at radius 1 is 1.35 bits per heavy atom. The lowest BCUT2D eigenvalue weighted by Crippen LogP contribution is -2.41. The van der Waals surface area contributed by atoms with E-state index in [1.807, 2.05) is 30.2 Å². The van der Waals surface area contributed by atoms with Gasteiger partial charge in [-0.15, -0.1) is 12.4 Å². The van der Waals surface area contributed by atoms with Gasteiger partial charge in [0.15, 0.2) is 0 Å². The van der Waals surface area contributed by atoms with Gasteiger partial charge in [0, 0.05) is 31.2 Å². The van der Waals surface area contributed by atoms with Crippen LogP contribution >= 0.6 is 24.0 Å². The highest BCUT2D eigenvalue weighted by Gasteiger charge is 2.14. The Hall–Kier alpha value is -0.990. The summed E-state index contributed by atoms with van der Waals surface area (Å²) >= 11 is 5.82. The van der Waals surface area contributed by atoms with Crippen LogP contribution in [0.15, 0.2) is 30.0 Å². The number of rotatable bonds is 2. The van der Waals surface area contributed by atoms with Crippen LogP contribution < -0.4 is 5.32 Å². The van der Waals surface area contributed by atoms with E-state index in [-0.39, 0.29) is 12.4 Å². The van der Waals surface area contributed by atoms with Crippen molar-refractivity contribution in [2.45, 2.75) is 6.54 Å². The third-order valence-electron chi connectivity index (χ3n) is 2.59. The van der Waals surface area contributed by atoms with Crippen LogP contribution in [0, 0.1) is 0 Å². The Balaban J connectivity index is 0.00000144. The number of benzene rings is 1. The maximum Gasteiger partial charge on any atom is 0.146 e. The van der Waals surface area contributed by atoms with Crippen molar-refractivity contribution in [3.8, 4) is 0 Å². The molecule has 0 aromatic heterocycles. The first-order valence-corrected chi connectivity index (χ1v) is 5.60. The molecule has 0 bridgehead atoms. The molecule has 0 radical (unpaired) electrons. The fourth-order valence-electron chi connectivity index (χ4n) is 1.77. The maximum atomic E-state index is 10.5. The lowest BCUT2D eigenvalue weighted by atomic mass is 10.2. The van der Waals surface area contributed by atoms with Crippen molar-refractivity contribution in [1.82, 2.24) is 10.2 Å². The van der Waals surface area contributed by atoms with Gasteiger partial charge >= 0.3 is 0 Å². The quantitative estimate of drug-likeness (QED) is 0.835. The number of carbonyl (C=O) groups excluding carboxylic acids is 1. The third-order valence-corrected chi connectivity index (χ3v) is 2.84. The van der Waals surface area contributed by atoms with E-state index in [4.69, 9.17) is 11.6 Å². The normalized spacial score (nSPS) is 15.7. The predicted octanol–water partition coefficient (Wildman–Crippen LogP) is 1.88. The van der Waals surface area contributed by atoms with Crippen LogP contribution in [0.2, 0.25) is 5.02 Å². The molecular formula is C12H14Cl2N2O. The van der Waals surface area contributed by atoms with Crippen LogP contribution in [0.4, 0.5) is 0 Å². The molecule has 5 heteroatoms. The van der Waals surface area contributed by atoms with Crippen molar-refractivity contribution in [2.24, 2.45) is 0 Å². The van der Waals surface area contributed by atoms with Gasteiger partial charge in [-0.2, -0.15) is 0 Å². The Morgan fingerprint density at radius 3 is 2.71 bits per heavy atom. The summed E-state index contributed by atoms with van der Waals surface area (Å²) in [6.07, 6.45) is 0. The van der Waals surface area contributed by atoms with E-state index in [0.29, 0.717) is 12.2 Å². The fraction of sp³-hybridized carbons (Fsp3) is 0.333. The average molecular weight is 273 g/mol. The molecule has 0 amide bonds. The monoisotopic (exact) mass is 272 g/mol. The van der Waals surface area contributed by atoms with Crippen molar-refractivity contribution in [3.05, 3.63) is 40.5 Å². The summed E-state index contributed by atoms with van der Waals surface area (Å²) in [5.74, 6) is 1.92. The molecule has 1 saturated heterocycles. The Bertz CT molecular complexity index is 413. The fourth-order valence-corrected chi connectivity index (χ4v) is 1.90. The zero-order valence-corrected chi connectivity index (χ0v) is 10.9. The van der Waals surface area contributed by atoms with E-state index in [1.54, 1.807) is 0 Å². The number of hydrogen-bond acceptors (Lipinski definition) is 3. The standard InChI is InChI=1S/C12H13ClN2O.ClH/c13-11-3-1-10(2-4-11)7-15-6-5-14-12(8-15)9-16;/h1-4,14H,5-8H2;1H. The zero-order valence-electron chi connectivity index (χ0n) is 9.28. The molecule has 1 aromatic carbocycles. The summed E-state index contributed by atoms with van der Waals surface area (Å²) < 4.78 is 0. The van der Waals surface area contributed by atoms with Crippen molar-refractivity contribution in [1.29, 1.82) is 0 Å². The minimum Gasteiger partial charge on any atom is -0.377 e. The van der Waals surface area contributed by atoms with Crippen molar-refractivity contribution in [3.63, 3.8) is 0 Å². The van der Waals surface area contributed by atoms with Crippen LogP contribution in [0.3, 0.4) is 0 Å². The molecule has 1 fully saturated rings. The molecule has 1 heterocycles. The molecule has 17 heavy (non-hydrogen) atoms. The van der Waals surface area contributed by atoms with Crippen LogP contribution in [-0.4, -0.2) is 30.5 Å². The highest BCUT2D eigenvalue weighted by molar-refractivity contribution is 6.30. The number of hydrogen-bond donors (Lipinski definition) is 1. The molecule has 1 aliphatic rings. The number of nitrogens with zero attached hydrogens (tertiary/aromatic N) is 1. The molecule has 1 N–H and O–H groups in total.